The maximum absolute atomic E-state index is 9.93. The van der Waals surface area contributed by atoms with Crippen LogP contribution in [-0.2, 0) is 4.74 Å². The van der Waals surface area contributed by atoms with Crippen molar-refractivity contribution in [3.8, 4) is 0 Å². The molecule has 0 spiro atoms. The van der Waals surface area contributed by atoms with Gasteiger partial charge in [0.05, 0.1) is 6.61 Å². The molecule has 0 radical (unpaired) electrons. The minimum absolute atomic E-state index is 0.00380. The van der Waals surface area contributed by atoms with Gasteiger partial charge in [0, 0.05) is 17.9 Å². The Balaban J connectivity index is 2.28. The van der Waals surface area contributed by atoms with Crippen molar-refractivity contribution < 1.29 is 9.84 Å². The fourth-order valence-electron chi connectivity index (χ4n) is 2.81. The summed E-state index contributed by atoms with van der Waals surface area (Å²) in [5.74, 6) is 0.115. The van der Waals surface area contributed by atoms with E-state index in [0.717, 1.165) is 11.8 Å². The standard InChI is InChI=1S/C18H23BrO2/c1-14-7-3-4-8-16(14)17-9-5-10-18(13-20,15(17)2)21-12-6-11-19/h3-5,7-10,15,20H,6,11-13H2,1-2H3. The zero-order valence-electron chi connectivity index (χ0n) is 12.7. The fourth-order valence-corrected chi connectivity index (χ4v) is 3.04. The summed E-state index contributed by atoms with van der Waals surface area (Å²) in [7, 11) is 0. The van der Waals surface area contributed by atoms with Crippen LogP contribution in [-0.4, -0.2) is 29.3 Å². The van der Waals surface area contributed by atoms with Crippen molar-refractivity contribution in [3.63, 3.8) is 0 Å². The van der Waals surface area contributed by atoms with Gasteiger partial charge in [-0.3, -0.25) is 0 Å². The van der Waals surface area contributed by atoms with Gasteiger partial charge >= 0.3 is 0 Å². The van der Waals surface area contributed by atoms with Crippen molar-refractivity contribution in [1.29, 1.82) is 0 Å². The number of hydrogen-bond donors (Lipinski definition) is 1. The molecule has 0 fully saturated rings. The number of aliphatic hydroxyl groups is 1. The molecule has 2 unspecified atom stereocenters. The van der Waals surface area contributed by atoms with Gasteiger partial charge in [-0.1, -0.05) is 59.3 Å². The van der Waals surface area contributed by atoms with Crippen molar-refractivity contribution >= 4 is 21.5 Å². The number of aryl methyl sites for hydroxylation is 1. The topological polar surface area (TPSA) is 29.5 Å². The third kappa shape index (κ3) is 3.47. The number of ether oxygens (including phenoxy) is 1. The molecule has 2 rings (SSSR count). The summed E-state index contributed by atoms with van der Waals surface area (Å²) in [6.45, 7) is 4.89. The smallest absolute Gasteiger partial charge is 0.116 e. The third-order valence-corrected chi connectivity index (χ3v) is 4.77. The van der Waals surface area contributed by atoms with E-state index in [4.69, 9.17) is 4.74 Å². The van der Waals surface area contributed by atoms with Crippen LogP contribution in [0.25, 0.3) is 5.57 Å². The molecule has 1 aliphatic rings. The first-order valence-corrected chi connectivity index (χ1v) is 8.53. The summed E-state index contributed by atoms with van der Waals surface area (Å²) in [6, 6.07) is 8.36. The summed E-state index contributed by atoms with van der Waals surface area (Å²) >= 11 is 3.42. The lowest BCUT2D eigenvalue weighted by Crippen LogP contribution is -2.43. The van der Waals surface area contributed by atoms with E-state index in [1.54, 1.807) is 0 Å². The van der Waals surface area contributed by atoms with Crippen LogP contribution in [0.5, 0.6) is 0 Å². The second-order valence-electron chi connectivity index (χ2n) is 5.52. The van der Waals surface area contributed by atoms with Crippen molar-refractivity contribution in [1.82, 2.24) is 0 Å². The predicted molar refractivity (Wildman–Crippen MR) is 91.6 cm³/mol. The lowest BCUT2D eigenvalue weighted by atomic mass is 9.76. The second kappa shape index (κ2) is 7.39. The van der Waals surface area contributed by atoms with Crippen LogP contribution < -0.4 is 0 Å². The highest BCUT2D eigenvalue weighted by molar-refractivity contribution is 9.09. The summed E-state index contributed by atoms with van der Waals surface area (Å²) in [6.07, 6.45) is 7.07. The molecule has 114 valence electrons. The van der Waals surface area contributed by atoms with E-state index >= 15 is 0 Å². The van der Waals surface area contributed by atoms with E-state index in [1.165, 1.54) is 16.7 Å². The first kappa shape index (κ1) is 16.5. The first-order chi connectivity index (χ1) is 10.1. The highest BCUT2D eigenvalue weighted by Crippen LogP contribution is 2.39. The molecule has 3 heteroatoms. The van der Waals surface area contributed by atoms with Gasteiger partial charge in [0.25, 0.3) is 0 Å². The minimum Gasteiger partial charge on any atom is -0.393 e. The zero-order valence-corrected chi connectivity index (χ0v) is 14.3. The molecule has 1 aliphatic carbocycles. The maximum atomic E-state index is 9.93. The lowest BCUT2D eigenvalue weighted by molar-refractivity contribution is -0.0653. The molecule has 0 bridgehead atoms. The van der Waals surface area contributed by atoms with Crippen LogP contribution in [0.1, 0.15) is 24.5 Å². The zero-order chi connectivity index (χ0) is 15.3. The Bertz CT molecular complexity index is 536. The monoisotopic (exact) mass is 350 g/mol. The molecule has 1 N–H and O–H groups in total. The fraction of sp³-hybridized carbons (Fsp3) is 0.444. The van der Waals surface area contributed by atoms with Crippen molar-refractivity contribution in [3.05, 3.63) is 53.6 Å². The number of halogens is 1. The van der Waals surface area contributed by atoms with Gasteiger partial charge in [-0.05, 0) is 36.1 Å². The Morgan fingerprint density at radius 1 is 1.33 bits per heavy atom. The number of alkyl halides is 1. The molecule has 0 aliphatic heterocycles. The molecule has 0 aromatic heterocycles. The molecule has 0 amide bonds. The SMILES string of the molecule is Cc1ccccc1C1=CC=CC(CO)(OCCCBr)C1C. The van der Waals surface area contributed by atoms with Gasteiger partial charge < -0.3 is 9.84 Å². The molecule has 2 atom stereocenters. The number of rotatable bonds is 6. The van der Waals surface area contributed by atoms with Gasteiger partial charge in [-0.15, -0.1) is 0 Å². The number of hydrogen-bond acceptors (Lipinski definition) is 2. The highest BCUT2D eigenvalue weighted by Gasteiger charge is 2.38. The van der Waals surface area contributed by atoms with Crippen molar-refractivity contribution in [2.45, 2.75) is 25.9 Å². The van der Waals surface area contributed by atoms with Crippen LogP contribution in [0.15, 0.2) is 42.5 Å². The average Bonchev–Trinajstić information content (AvgIpc) is 2.50. The lowest BCUT2D eigenvalue weighted by Gasteiger charge is -2.38. The van der Waals surface area contributed by atoms with Crippen LogP contribution >= 0.6 is 15.9 Å². The van der Waals surface area contributed by atoms with E-state index in [2.05, 4.69) is 60.1 Å². The largest absolute Gasteiger partial charge is 0.393 e. The van der Waals surface area contributed by atoms with Gasteiger partial charge in [0.15, 0.2) is 0 Å². The molecule has 1 aromatic carbocycles. The normalized spacial score (nSPS) is 25.0. The number of aliphatic hydroxyl groups excluding tert-OH is 1. The maximum Gasteiger partial charge on any atom is 0.116 e. The Morgan fingerprint density at radius 3 is 2.76 bits per heavy atom. The van der Waals surface area contributed by atoms with Crippen LogP contribution in [0.2, 0.25) is 0 Å². The average molecular weight is 351 g/mol. The molecular weight excluding hydrogens is 328 g/mol. The Morgan fingerprint density at radius 2 is 2.10 bits per heavy atom. The molecule has 1 aromatic rings. The Labute approximate surface area is 135 Å². The molecule has 21 heavy (non-hydrogen) atoms. The van der Waals surface area contributed by atoms with E-state index in [9.17, 15) is 5.11 Å². The number of allylic oxidation sites excluding steroid dienone is 2. The summed E-state index contributed by atoms with van der Waals surface area (Å²) in [5, 5.41) is 10.8. The highest BCUT2D eigenvalue weighted by atomic mass is 79.9. The molecular formula is C18H23BrO2. The molecule has 0 saturated carbocycles. The van der Waals surface area contributed by atoms with E-state index in [1.807, 2.05) is 12.2 Å². The quantitative estimate of drug-likeness (QED) is 0.617. The Hall–Kier alpha value is -0.900. The first-order valence-electron chi connectivity index (χ1n) is 7.41. The van der Waals surface area contributed by atoms with Gasteiger partial charge in [-0.25, -0.2) is 0 Å². The third-order valence-electron chi connectivity index (χ3n) is 4.21. The van der Waals surface area contributed by atoms with Crippen LogP contribution in [0, 0.1) is 12.8 Å². The molecule has 0 heterocycles. The van der Waals surface area contributed by atoms with Crippen molar-refractivity contribution in [2.75, 3.05) is 18.5 Å². The van der Waals surface area contributed by atoms with Gasteiger partial charge in [0.2, 0.25) is 0 Å². The predicted octanol–water partition coefficient (Wildman–Crippen LogP) is 4.12. The molecule has 0 saturated heterocycles. The second-order valence-corrected chi connectivity index (χ2v) is 6.31. The van der Waals surface area contributed by atoms with Crippen LogP contribution in [0.4, 0.5) is 0 Å². The molecule has 2 nitrogen and oxygen atoms in total. The van der Waals surface area contributed by atoms with E-state index in [0.29, 0.717) is 6.61 Å². The summed E-state index contributed by atoms with van der Waals surface area (Å²) in [5.41, 5.74) is 3.09. The van der Waals surface area contributed by atoms with Crippen molar-refractivity contribution in [2.24, 2.45) is 5.92 Å². The van der Waals surface area contributed by atoms with Crippen LogP contribution in [0.3, 0.4) is 0 Å². The van der Waals surface area contributed by atoms with Gasteiger partial charge in [-0.2, -0.15) is 0 Å². The van der Waals surface area contributed by atoms with E-state index < -0.39 is 5.60 Å². The van der Waals surface area contributed by atoms with Gasteiger partial charge in [0.1, 0.15) is 5.60 Å². The Kier molecular flexibility index (Phi) is 5.80. The number of benzene rings is 1. The minimum atomic E-state index is -0.617. The summed E-state index contributed by atoms with van der Waals surface area (Å²) in [4.78, 5) is 0. The summed E-state index contributed by atoms with van der Waals surface area (Å²) < 4.78 is 6.06. The van der Waals surface area contributed by atoms with E-state index in [-0.39, 0.29) is 12.5 Å².